The summed E-state index contributed by atoms with van der Waals surface area (Å²) in [5.74, 6) is 5.23. The van der Waals surface area contributed by atoms with Crippen LogP contribution < -0.4 is 11.2 Å². The Bertz CT molecular complexity index is 1110. The maximum absolute atomic E-state index is 13.8. The van der Waals surface area contributed by atoms with Crippen molar-refractivity contribution in [2.24, 2.45) is 0 Å². The zero-order valence-electron chi connectivity index (χ0n) is 16.0. The smallest absolute Gasteiger partial charge is 0.336 e. The minimum absolute atomic E-state index is 0.0345. The lowest BCUT2D eigenvalue weighted by atomic mass is 10.1. The molecule has 1 aromatic heterocycles. The Morgan fingerprint density at radius 3 is 2.65 bits per heavy atom. The topological polar surface area (TPSA) is 85.8 Å². The van der Waals surface area contributed by atoms with Crippen molar-refractivity contribution < 1.29 is 22.4 Å². The second-order valence-corrected chi connectivity index (χ2v) is 8.19. The maximum atomic E-state index is 13.8. The molecule has 0 unspecified atom stereocenters. The van der Waals surface area contributed by atoms with Crippen LogP contribution in [0.1, 0.15) is 23.9 Å². The van der Waals surface area contributed by atoms with Crippen molar-refractivity contribution in [1.82, 2.24) is 14.9 Å². The number of alkyl halides is 3. The quantitative estimate of drug-likeness (QED) is 0.312. The molecule has 6 nitrogen and oxygen atoms in total. The summed E-state index contributed by atoms with van der Waals surface area (Å²) in [6.07, 6.45) is -4.48. The van der Waals surface area contributed by atoms with E-state index in [9.17, 15) is 22.4 Å². The van der Waals surface area contributed by atoms with E-state index in [4.69, 9.17) is 17.4 Å². The van der Waals surface area contributed by atoms with Gasteiger partial charge in [-0.25, -0.2) is 9.07 Å². The van der Waals surface area contributed by atoms with E-state index < -0.39 is 28.7 Å². The number of anilines is 1. The fourth-order valence-electron chi connectivity index (χ4n) is 2.56. The molecule has 0 radical (unpaired) electrons. The van der Waals surface area contributed by atoms with Gasteiger partial charge in [-0.1, -0.05) is 41.6 Å². The summed E-state index contributed by atoms with van der Waals surface area (Å²) < 4.78 is 53.7. The Morgan fingerprint density at radius 2 is 1.97 bits per heavy atom. The van der Waals surface area contributed by atoms with Gasteiger partial charge in [0.05, 0.1) is 21.5 Å². The van der Waals surface area contributed by atoms with Crippen molar-refractivity contribution in [3.63, 3.8) is 0 Å². The highest BCUT2D eigenvalue weighted by atomic mass is 35.5. The van der Waals surface area contributed by atoms with Gasteiger partial charge >= 0.3 is 6.18 Å². The van der Waals surface area contributed by atoms with E-state index in [-0.39, 0.29) is 28.1 Å². The SMILES string of the molecule is C[C@H](Sc1nnc(Cc2ccccc2F)n1N)C(=O)Nc1cc(C(F)(F)F)ccc1Cl. The lowest BCUT2D eigenvalue weighted by Crippen LogP contribution is -2.24. The number of thioether (sulfide) groups is 1. The van der Waals surface area contributed by atoms with E-state index in [1.807, 2.05) is 0 Å². The highest BCUT2D eigenvalue weighted by Crippen LogP contribution is 2.34. The van der Waals surface area contributed by atoms with Gasteiger partial charge in [-0.3, -0.25) is 4.79 Å². The summed E-state index contributed by atoms with van der Waals surface area (Å²) in [5.41, 5.74) is -0.724. The van der Waals surface area contributed by atoms with Crippen LogP contribution in [-0.4, -0.2) is 26.0 Å². The van der Waals surface area contributed by atoms with Gasteiger partial charge in [-0.05, 0) is 36.8 Å². The zero-order valence-corrected chi connectivity index (χ0v) is 17.5. The molecule has 3 rings (SSSR count). The molecule has 0 fully saturated rings. The van der Waals surface area contributed by atoms with Crippen molar-refractivity contribution in [1.29, 1.82) is 0 Å². The minimum atomic E-state index is -4.57. The van der Waals surface area contributed by atoms with Crippen molar-refractivity contribution in [2.45, 2.75) is 29.9 Å². The van der Waals surface area contributed by atoms with Crippen LogP contribution in [0.2, 0.25) is 5.02 Å². The molecule has 31 heavy (non-hydrogen) atoms. The molecule has 1 amide bonds. The second kappa shape index (κ2) is 9.15. The average Bonchev–Trinajstić information content (AvgIpc) is 3.04. The summed E-state index contributed by atoms with van der Waals surface area (Å²) in [6, 6.07) is 8.78. The molecule has 3 aromatic rings. The molecule has 3 N–H and O–H groups in total. The number of carbonyl (C=O) groups is 1. The number of carbonyl (C=O) groups excluding carboxylic acids is 1. The molecule has 0 saturated carbocycles. The Kier molecular flexibility index (Phi) is 6.75. The first-order valence-corrected chi connectivity index (χ1v) is 10.1. The first kappa shape index (κ1) is 22.9. The number of nitrogen functional groups attached to an aromatic ring is 1. The molecule has 12 heteroatoms. The van der Waals surface area contributed by atoms with Crippen LogP contribution in [0, 0.1) is 5.82 Å². The lowest BCUT2D eigenvalue weighted by Gasteiger charge is -2.14. The summed E-state index contributed by atoms with van der Waals surface area (Å²) in [5, 5.41) is 9.57. The Hall–Kier alpha value is -2.79. The van der Waals surface area contributed by atoms with Gasteiger partial charge in [-0.15, -0.1) is 10.2 Å². The highest BCUT2D eigenvalue weighted by molar-refractivity contribution is 8.00. The minimum Gasteiger partial charge on any atom is -0.336 e. The van der Waals surface area contributed by atoms with E-state index in [0.717, 1.165) is 34.6 Å². The van der Waals surface area contributed by atoms with Crippen molar-refractivity contribution in [3.8, 4) is 0 Å². The summed E-state index contributed by atoms with van der Waals surface area (Å²) >= 11 is 6.85. The van der Waals surface area contributed by atoms with Gasteiger partial charge in [0.1, 0.15) is 5.82 Å². The number of aromatic nitrogens is 3. The molecule has 0 spiro atoms. The third kappa shape index (κ3) is 5.47. The molecule has 0 saturated heterocycles. The van der Waals surface area contributed by atoms with Crippen molar-refractivity contribution in [3.05, 3.63) is 70.3 Å². The average molecular weight is 474 g/mol. The Morgan fingerprint density at radius 1 is 1.26 bits per heavy atom. The van der Waals surface area contributed by atoms with Crippen molar-refractivity contribution in [2.75, 3.05) is 11.2 Å². The molecule has 1 atom stereocenters. The normalized spacial score (nSPS) is 12.6. The molecule has 164 valence electrons. The number of rotatable bonds is 6. The fourth-order valence-corrected chi connectivity index (χ4v) is 3.52. The van der Waals surface area contributed by atoms with Crippen LogP contribution >= 0.6 is 23.4 Å². The monoisotopic (exact) mass is 473 g/mol. The number of hydrogen-bond donors (Lipinski definition) is 2. The van der Waals surface area contributed by atoms with Gasteiger partial charge in [0.25, 0.3) is 0 Å². The zero-order chi connectivity index (χ0) is 22.8. The van der Waals surface area contributed by atoms with Gasteiger partial charge in [0.2, 0.25) is 11.1 Å². The number of halogens is 5. The summed E-state index contributed by atoms with van der Waals surface area (Å²) in [4.78, 5) is 12.5. The van der Waals surface area contributed by atoms with E-state index in [1.165, 1.54) is 13.0 Å². The van der Waals surface area contributed by atoms with Crippen LogP contribution in [0.3, 0.4) is 0 Å². The summed E-state index contributed by atoms with van der Waals surface area (Å²) in [7, 11) is 0. The van der Waals surface area contributed by atoms with E-state index in [0.29, 0.717) is 5.56 Å². The highest BCUT2D eigenvalue weighted by Gasteiger charge is 2.31. The number of nitrogens with two attached hydrogens (primary N) is 1. The number of nitrogens with zero attached hydrogens (tertiary/aromatic N) is 3. The van der Waals surface area contributed by atoms with Gasteiger partial charge < -0.3 is 11.2 Å². The number of hydrogen-bond acceptors (Lipinski definition) is 5. The van der Waals surface area contributed by atoms with E-state index in [1.54, 1.807) is 18.2 Å². The predicted molar refractivity (Wildman–Crippen MR) is 110 cm³/mol. The number of amides is 1. The van der Waals surface area contributed by atoms with Crippen LogP contribution in [0.4, 0.5) is 23.2 Å². The van der Waals surface area contributed by atoms with Crippen LogP contribution in [0.5, 0.6) is 0 Å². The lowest BCUT2D eigenvalue weighted by molar-refractivity contribution is -0.137. The predicted octanol–water partition coefficient (Wildman–Crippen LogP) is 4.51. The van der Waals surface area contributed by atoms with Gasteiger partial charge in [0, 0.05) is 6.42 Å². The third-order valence-electron chi connectivity index (χ3n) is 4.24. The molecular formula is C19H16ClF4N5OS. The van der Waals surface area contributed by atoms with Crippen molar-refractivity contribution >= 4 is 35.0 Å². The molecule has 0 aliphatic rings. The van der Waals surface area contributed by atoms with Gasteiger partial charge in [-0.2, -0.15) is 13.2 Å². The fraction of sp³-hybridized carbons (Fsp3) is 0.211. The molecule has 0 aliphatic heterocycles. The maximum Gasteiger partial charge on any atom is 0.416 e. The Labute approximate surface area is 183 Å². The van der Waals surface area contributed by atoms with E-state index in [2.05, 4.69) is 15.5 Å². The molecule has 0 bridgehead atoms. The third-order valence-corrected chi connectivity index (χ3v) is 5.63. The second-order valence-electron chi connectivity index (χ2n) is 6.48. The standard InChI is InChI=1S/C19H16ClF4N5OS/c1-10(17(30)26-15-9-12(19(22,23)24)6-7-13(15)20)31-18-28-27-16(29(18)25)8-11-4-2-3-5-14(11)21/h2-7,9-10H,8,25H2,1H3,(H,26,30)/t10-/m0/s1. The largest absolute Gasteiger partial charge is 0.416 e. The molecule has 1 heterocycles. The molecule has 2 aromatic carbocycles. The molecular weight excluding hydrogens is 458 g/mol. The van der Waals surface area contributed by atoms with E-state index >= 15 is 0 Å². The van der Waals surface area contributed by atoms with Crippen LogP contribution in [0.15, 0.2) is 47.6 Å². The molecule has 0 aliphatic carbocycles. The summed E-state index contributed by atoms with van der Waals surface area (Å²) in [6.45, 7) is 1.52. The number of benzene rings is 2. The number of nitrogens with one attached hydrogen (secondary N) is 1. The van der Waals surface area contributed by atoms with Crippen LogP contribution in [-0.2, 0) is 17.4 Å². The van der Waals surface area contributed by atoms with Gasteiger partial charge in [0.15, 0.2) is 5.82 Å². The first-order chi connectivity index (χ1) is 14.6. The van der Waals surface area contributed by atoms with Crippen LogP contribution in [0.25, 0.3) is 0 Å². The Balaban J connectivity index is 1.70. The first-order valence-electron chi connectivity index (χ1n) is 8.83.